The molecular weight excluding hydrogens is 284 g/mol. The zero-order valence-corrected chi connectivity index (χ0v) is 12.2. The van der Waals surface area contributed by atoms with E-state index in [1.165, 1.54) is 40.4 Å². The molecule has 0 spiro atoms. The second kappa shape index (κ2) is 4.55. The molecule has 1 aliphatic carbocycles. The zero-order valence-electron chi connectivity index (χ0n) is 10.6. The molecule has 2 aromatic rings. The van der Waals surface area contributed by atoms with E-state index < -0.39 is 0 Å². The quantitative estimate of drug-likeness (QED) is 0.740. The van der Waals surface area contributed by atoms with Crippen molar-refractivity contribution in [3.63, 3.8) is 0 Å². The summed E-state index contributed by atoms with van der Waals surface area (Å²) >= 11 is 3.60. The van der Waals surface area contributed by atoms with Crippen LogP contribution in [0.15, 0.2) is 53.0 Å². The highest BCUT2D eigenvalue weighted by atomic mass is 79.9. The normalized spacial score (nSPS) is 16.6. The van der Waals surface area contributed by atoms with E-state index >= 15 is 0 Å². The summed E-state index contributed by atoms with van der Waals surface area (Å²) in [6.45, 7) is 2.31. The second-order valence-electron chi connectivity index (χ2n) is 5.27. The Bertz CT molecular complexity index is 546. The third-order valence-corrected chi connectivity index (χ3v) is 4.78. The molecule has 3 rings (SSSR count). The van der Waals surface area contributed by atoms with E-state index in [9.17, 15) is 0 Å². The van der Waals surface area contributed by atoms with Crippen molar-refractivity contribution < 1.29 is 0 Å². The first-order valence-electron chi connectivity index (χ1n) is 6.56. The summed E-state index contributed by atoms with van der Waals surface area (Å²) in [4.78, 5) is 0. The van der Waals surface area contributed by atoms with Gasteiger partial charge >= 0.3 is 0 Å². The molecule has 0 atom stereocenters. The van der Waals surface area contributed by atoms with E-state index in [1.54, 1.807) is 0 Å². The van der Waals surface area contributed by atoms with Gasteiger partial charge in [-0.25, -0.2) is 0 Å². The lowest BCUT2D eigenvalue weighted by molar-refractivity contribution is 0.435. The van der Waals surface area contributed by atoms with Crippen molar-refractivity contribution in [2.45, 2.75) is 31.6 Å². The lowest BCUT2D eigenvalue weighted by atomic mass is 9.76. The van der Waals surface area contributed by atoms with E-state index in [0.717, 1.165) is 0 Å². The summed E-state index contributed by atoms with van der Waals surface area (Å²) in [6.07, 6.45) is 3.55. The summed E-state index contributed by atoms with van der Waals surface area (Å²) in [6, 6.07) is 17.7. The van der Waals surface area contributed by atoms with Gasteiger partial charge < -0.3 is 0 Å². The molecule has 0 unspecified atom stereocenters. The largest absolute Gasteiger partial charge is 0.0645 e. The first kappa shape index (κ1) is 12.0. The number of hydrogen-bond donors (Lipinski definition) is 0. The molecule has 92 valence electrons. The highest BCUT2D eigenvalue weighted by molar-refractivity contribution is 9.10. The van der Waals surface area contributed by atoms with Crippen LogP contribution in [-0.4, -0.2) is 0 Å². The summed E-state index contributed by atoms with van der Waals surface area (Å²) in [5, 5.41) is 0. The Hall–Kier alpha value is -1.08. The van der Waals surface area contributed by atoms with Crippen molar-refractivity contribution in [3.8, 4) is 0 Å². The van der Waals surface area contributed by atoms with E-state index in [-0.39, 0.29) is 0 Å². The molecule has 1 aliphatic rings. The van der Waals surface area contributed by atoms with Crippen LogP contribution < -0.4 is 0 Å². The standard InChI is InChI=1S/C17H17Br/c1-2-17(15-8-5-9-16(18)10-15)11-13-6-3-4-7-14(13)12-17/h3-10H,2,11-12H2,1H3. The number of rotatable bonds is 2. The van der Waals surface area contributed by atoms with Gasteiger partial charge in [-0.3, -0.25) is 0 Å². The maximum Gasteiger partial charge on any atom is 0.0178 e. The average Bonchev–Trinajstić information content (AvgIpc) is 2.78. The minimum Gasteiger partial charge on any atom is -0.0645 e. The molecule has 1 heteroatoms. The van der Waals surface area contributed by atoms with Gasteiger partial charge in [0.15, 0.2) is 0 Å². The van der Waals surface area contributed by atoms with Gasteiger partial charge in [-0.05, 0) is 48.1 Å². The van der Waals surface area contributed by atoms with E-state index in [1.807, 2.05) is 0 Å². The topological polar surface area (TPSA) is 0 Å². The molecule has 0 N–H and O–H groups in total. The van der Waals surface area contributed by atoms with Crippen molar-refractivity contribution >= 4 is 15.9 Å². The Morgan fingerprint density at radius 1 is 1.00 bits per heavy atom. The predicted octanol–water partition coefficient (Wildman–Crippen LogP) is 4.90. The number of hydrogen-bond acceptors (Lipinski definition) is 0. The lowest BCUT2D eigenvalue weighted by Gasteiger charge is -2.28. The predicted molar refractivity (Wildman–Crippen MR) is 80.0 cm³/mol. The Morgan fingerprint density at radius 2 is 1.67 bits per heavy atom. The van der Waals surface area contributed by atoms with E-state index in [0.29, 0.717) is 5.41 Å². The van der Waals surface area contributed by atoms with Crippen molar-refractivity contribution in [2.75, 3.05) is 0 Å². The molecule has 0 heterocycles. The van der Waals surface area contributed by atoms with Crippen LogP contribution in [0.4, 0.5) is 0 Å². The fourth-order valence-electron chi connectivity index (χ4n) is 3.17. The molecule has 18 heavy (non-hydrogen) atoms. The number of benzene rings is 2. The molecule has 0 amide bonds. The molecule has 0 aromatic heterocycles. The van der Waals surface area contributed by atoms with Crippen LogP contribution in [0.5, 0.6) is 0 Å². The Balaban J connectivity index is 2.04. The summed E-state index contributed by atoms with van der Waals surface area (Å²) in [5.74, 6) is 0. The molecule has 0 nitrogen and oxygen atoms in total. The zero-order chi connectivity index (χ0) is 12.6. The summed E-state index contributed by atoms with van der Waals surface area (Å²) in [7, 11) is 0. The highest BCUT2D eigenvalue weighted by Crippen LogP contribution is 2.42. The molecule has 0 radical (unpaired) electrons. The van der Waals surface area contributed by atoms with Crippen LogP contribution in [0, 0.1) is 0 Å². The maximum atomic E-state index is 3.60. The molecule has 0 saturated carbocycles. The van der Waals surface area contributed by atoms with Crippen LogP contribution in [0.25, 0.3) is 0 Å². The van der Waals surface area contributed by atoms with E-state index in [2.05, 4.69) is 71.4 Å². The Kier molecular flexibility index (Phi) is 3.03. The molecule has 0 aliphatic heterocycles. The van der Waals surface area contributed by atoms with E-state index in [4.69, 9.17) is 0 Å². The van der Waals surface area contributed by atoms with Crippen LogP contribution in [0.3, 0.4) is 0 Å². The highest BCUT2D eigenvalue weighted by Gasteiger charge is 2.36. The van der Waals surface area contributed by atoms with Crippen LogP contribution in [-0.2, 0) is 18.3 Å². The van der Waals surface area contributed by atoms with Crippen molar-refractivity contribution in [2.24, 2.45) is 0 Å². The van der Waals surface area contributed by atoms with Gasteiger partial charge in [0.25, 0.3) is 0 Å². The minimum absolute atomic E-state index is 0.299. The smallest absolute Gasteiger partial charge is 0.0178 e. The van der Waals surface area contributed by atoms with Crippen molar-refractivity contribution in [1.82, 2.24) is 0 Å². The fraction of sp³-hybridized carbons (Fsp3) is 0.294. The molecular formula is C17H17Br. The molecule has 0 bridgehead atoms. The number of fused-ring (bicyclic) bond motifs is 1. The first-order valence-corrected chi connectivity index (χ1v) is 7.36. The monoisotopic (exact) mass is 300 g/mol. The van der Waals surface area contributed by atoms with Gasteiger partial charge in [-0.2, -0.15) is 0 Å². The summed E-state index contributed by atoms with van der Waals surface area (Å²) in [5.41, 5.74) is 4.82. The average molecular weight is 301 g/mol. The van der Waals surface area contributed by atoms with Crippen LogP contribution >= 0.6 is 15.9 Å². The Labute approximate surface area is 117 Å². The van der Waals surface area contributed by atoms with Gasteiger partial charge in [0.1, 0.15) is 0 Å². The SMILES string of the molecule is CCC1(c2cccc(Br)c2)Cc2ccccc2C1. The van der Waals surface area contributed by atoms with Gasteiger partial charge in [0.05, 0.1) is 0 Å². The summed E-state index contributed by atoms with van der Waals surface area (Å²) < 4.78 is 1.18. The van der Waals surface area contributed by atoms with Gasteiger partial charge in [0, 0.05) is 9.89 Å². The molecule has 2 aromatic carbocycles. The molecule has 0 fully saturated rings. The van der Waals surface area contributed by atoms with Crippen LogP contribution in [0.1, 0.15) is 30.0 Å². The van der Waals surface area contributed by atoms with Gasteiger partial charge in [-0.1, -0.05) is 59.3 Å². The third-order valence-electron chi connectivity index (χ3n) is 4.29. The second-order valence-corrected chi connectivity index (χ2v) is 6.18. The minimum atomic E-state index is 0.299. The van der Waals surface area contributed by atoms with Crippen molar-refractivity contribution in [1.29, 1.82) is 0 Å². The fourth-order valence-corrected chi connectivity index (χ4v) is 3.57. The lowest BCUT2D eigenvalue weighted by Crippen LogP contribution is -2.25. The molecule has 0 saturated heterocycles. The van der Waals surface area contributed by atoms with Gasteiger partial charge in [-0.15, -0.1) is 0 Å². The first-order chi connectivity index (χ1) is 8.73. The maximum absolute atomic E-state index is 3.60. The van der Waals surface area contributed by atoms with Crippen molar-refractivity contribution in [3.05, 3.63) is 69.7 Å². The number of halogens is 1. The van der Waals surface area contributed by atoms with Crippen LogP contribution in [0.2, 0.25) is 0 Å². The third kappa shape index (κ3) is 1.91. The van der Waals surface area contributed by atoms with Gasteiger partial charge in [0.2, 0.25) is 0 Å². The Morgan fingerprint density at radius 3 is 2.22 bits per heavy atom.